The van der Waals surface area contributed by atoms with Gasteiger partial charge in [0, 0.05) is 12.5 Å². The van der Waals surface area contributed by atoms with Crippen molar-refractivity contribution in [1.29, 1.82) is 0 Å². The highest BCUT2D eigenvalue weighted by Crippen LogP contribution is 2.56. The monoisotopic (exact) mass is 357 g/mol. The number of allylic oxidation sites excluding steroid dienone is 2. The Morgan fingerprint density at radius 1 is 1.31 bits per heavy atom. The van der Waals surface area contributed by atoms with Crippen molar-refractivity contribution in [2.24, 2.45) is 23.2 Å². The highest BCUT2D eigenvalue weighted by molar-refractivity contribution is 5.75. The molecule has 1 N–H and O–H groups in total. The van der Waals surface area contributed by atoms with Crippen LogP contribution in [0.2, 0.25) is 0 Å². The van der Waals surface area contributed by atoms with E-state index in [0.717, 1.165) is 32.4 Å². The van der Waals surface area contributed by atoms with Gasteiger partial charge in [0.2, 0.25) is 0 Å². The van der Waals surface area contributed by atoms with Crippen molar-refractivity contribution in [2.45, 2.75) is 77.2 Å². The van der Waals surface area contributed by atoms with Crippen LogP contribution in [0, 0.1) is 23.2 Å². The van der Waals surface area contributed by atoms with Gasteiger partial charge in [-0.1, -0.05) is 30.7 Å². The molecule has 0 aromatic carbocycles. The average Bonchev–Trinajstić information content (AvgIpc) is 2.92. The Balaban J connectivity index is 1.33. The minimum atomic E-state index is 0.0391. The van der Waals surface area contributed by atoms with E-state index < -0.39 is 0 Å². The van der Waals surface area contributed by atoms with Crippen molar-refractivity contribution < 1.29 is 9.53 Å². The minimum Gasteiger partial charge on any atom is -0.462 e. The first-order valence-electron chi connectivity index (χ1n) is 10.8. The van der Waals surface area contributed by atoms with Crippen molar-refractivity contribution in [3.63, 3.8) is 0 Å². The van der Waals surface area contributed by atoms with Gasteiger partial charge in [0.25, 0.3) is 0 Å². The zero-order valence-electron chi connectivity index (χ0n) is 16.4. The first-order chi connectivity index (χ1) is 12.6. The van der Waals surface area contributed by atoms with Crippen LogP contribution >= 0.6 is 0 Å². The second-order valence-electron chi connectivity index (χ2n) is 9.47. The first-order valence-corrected chi connectivity index (χ1v) is 10.8. The summed E-state index contributed by atoms with van der Waals surface area (Å²) in [4.78, 5) is 12.5. The van der Waals surface area contributed by atoms with E-state index in [4.69, 9.17) is 4.74 Å². The average molecular weight is 358 g/mol. The quantitative estimate of drug-likeness (QED) is 0.437. The van der Waals surface area contributed by atoms with Crippen LogP contribution < -0.4 is 5.32 Å². The third kappa shape index (κ3) is 3.52. The van der Waals surface area contributed by atoms with Crippen LogP contribution in [0.5, 0.6) is 0 Å². The van der Waals surface area contributed by atoms with Crippen molar-refractivity contribution >= 4 is 5.97 Å². The standard InChI is InChI=1S/C23H35NO2/c1-16-7-6-11-23(2)14-21-18(13-20(16)23)19(22(25)26-21)15-24-12-10-17-8-4-3-5-9-17/h8,18-21,24H,1,3-7,9-15H2,2H3/t18-,19+,20-,21-,23-/m1/s1. The summed E-state index contributed by atoms with van der Waals surface area (Å²) in [6, 6.07) is 0. The van der Waals surface area contributed by atoms with Crippen LogP contribution in [0.3, 0.4) is 0 Å². The maximum Gasteiger partial charge on any atom is 0.310 e. The Kier molecular flexibility index (Phi) is 5.27. The predicted molar refractivity (Wildman–Crippen MR) is 105 cm³/mol. The minimum absolute atomic E-state index is 0.0391. The van der Waals surface area contributed by atoms with E-state index in [0.29, 0.717) is 17.3 Å². The van der Waals surface area contributed by atoms with Gasteiger partial charge in [-0.3, -0.25) is 4.79 Å². The number of hydrogen-bond acceptors (Lipinski definition) is 3. The summed E-state index contributed by atoms with van der Waals surface area (Å²) in [5.41, 5.74) is 3.32. The van der Waals surface area contributed by atoms with Gasteiger partial charge >= 0.3 is 5.97 Å². The number of nitrogens with one attached hydrogen (secondary N) is 1. The topological polar surface area (TPSA) is 38.3 Å². The van der Waals surface area contributed by atoms with E-state index in [1.165, 1.54) is 50.5 Å². The first kappa shape index (κ1) is 18.3. The zero-order chi connectivity index (χ0) is 18.1. The number of carbonyl (C=O) groups excluding carboxylic acids is 1. The van der Waals surface area contributed by atoms with Crippen molar-refractivity contribution in [3.8, 4) is 0 Å². The van der Waals surface area contributed by atoms with E-state index in [9.17, 15) is 4.79 Å². The molecule has 1 saturated heterocycles. The summed E-state index contributed by atoms with van der Waals surface area (Å²) >= 11 is 0. The SMILES string of the molecule is C=C1CCC[C@]2(C)C[C@H]3OC(=O)[C@@H](CNCCC4=CCCCC4)[C@H]3C[C@H]12. The van der Waals surface area contributed by atoms with E-state index >= 15 is 0 Å². The summed E-state index contributed by atoms with van der Waals surface area (Å²) in [5.74, 6) is 1.05. The van der Waals surface area contributed by atoms with Crippen molar-refractivity contribution in [3.05, 3.63) is 23.8 Å². The molecule has 0 bridgehead atoms. The Bertz CT molecular complexity index is 595. The Morgan fingerprint density at radius 2 is 2.19 bits per heavy atom. The molecule has 2 saturated carbocycles. The zero-order valence-corrected chi connectivity index (χ0v) is 16.4. The maximum atomic E-state index is 12.5. The van der Waals surface area contributed by atoms with Crippen LogP contribution in [0.25, 0.3) is 0 Å². The summed E-state index contributed by atoms with van der Waals surface area (Å²) < 4.78 is 5.85. The molecule has 3 heteroatoms. The molecule has 3 nitrogen and oxygen atoms in total. The lowest BCUT2D eigenvalue weighted by Gasteiger charge is -2.50. The molecular formula is C23H35NO2. The molecule has 26 heavy (non-hydrogen) atoms. The predicted octanol–water partition coefficient (Wildman–Crippen LogP) is 4.78. The molecule has 4 aliphatic rings. The molecule has 3 aliphatic carbocycles. The summed E-state index contributed by atoms with van der Waals surface area (Å²) in [5, 5.41) is 3.57. The number of fused-ring (bicyclic) bond motifs is 2. The molecule has 4 rings (SSSR count). The molecule has 0 aromatic heterocycles. The molecule has 3 fully saturated rings. The lowest BCUT2D eigenvalue weighted by molar-refractivity contribution is -0.146. The van der Waals surface area contributed by atoms with E-state index in [1.54, 1.807) is 5.57 Å². The van der Waals surface area contributed by atoms with E-state index in [2.05, 4.69) is 24.9 Å². The molecule has 144 valence electrons. The lowest BCUT2D eigenvalue weighted by Crippen LogP contribution is -2.45. The van der Waals surface area contributed by atoms with Crippen LogP contribution in [-0.4, -0.2) is 25.2 Å². The number of ether oxygens (including phenoxy) is 1. The Morgan fingerprint density at radius 3 is 3.00 bits per heavy atom. The fourth-order valence-corrected chi connectivity index (χ4v) is 6.13. The van der Waals surface area contributed by atoms with E-state index in [1.807, 2.05) is 0 Å². The molecule has 0 unspecified atom stereocenters. The van der Waals surface area contributed by atoms with Gasteiger partial charge in [0.05, 0.1) is 5.92 Å². The molecule has 1 aliphatic heterocycles. The van der Waals surface area contributed by atoms with E-state index in [-0.39, 0.29) is 18.0 Å². The largest absolute Gasteiger partial charge is 0.462 e. The summed E-state index contributed by atoms with van der Waals surface area (Å²) in [6.07, 6.45) is 14.7. The molecule has 0 amide bonds. The molecule has 0 spiro atoms. The number of hydrogen-bond donors (Lipinski definition) is 1. The van der Waals surface area contributed by atoms with Gasteiger partial charge < -0.3 is 10.1 Å². The normalized spacial score (nSPS) is 39.8. The smallest absolute Gasteiger partial charge is 0.310 e. The fourth-order valence-electron chi connectivity index (χ4n) is 6.13. The van der Waals surface area contributed by atoms with Gasteiger partial charge in [0.1, 0.15) is 6.10 Å². The van der Waals surface area contributed by atoms with Gasteiger partial charge in [0.15, 0.2) is 0 Å². The number of esters is 1. The second kappa shape index (κ2) is 7.50. The van der Waals surface area contributed by atoms with Gasteiger partial charge in [-0.05, 0) is 82.1 Å². The molecule has 0 aromatic rings. The molecular weight excluding hydrogens is 322 g/mol. The van der Waals surface area contributed by atoms with Crippen LogP contribution in [0.4, 0.5) is 0 Å². The Labute approximate surface area is 158 Å². The van der Waals surface area contributed by atoms with Crippen molar-refractivity contribution in [1.82, 2.24) is 5.32 Å². The third-order valence-corrected chi connectivity index (χ3v) is 7.69. The summed E-state index contributed by atoms with van der Waals surface area (Å²) in [7, 11) is 0. The fraction of sp³-hybridized carbons (Fsp3) is 0.783. The van der Waals surface area contributed by atoms with Crippen LogP contribution in [-0.2, 0) is 9.53 Å². The Hall–Kier alpha value is -1.09. The van der Waals surface area contributed by atoms with Gasteiger partial charge in [-0.2, -0.15) is 0 Å². The second-order valence-corrected chi connectivity index (χ2v) is 9.47. The number of carbonyl (C=O) groups is 1. The van der Waals surface area contributed by atoms with Crippen molar-refractivity contribution in [2.75, 3.05) is 13.1 Å². The van der Waals surface area contributed by atoms with Crippen LogP contribution in [0.1, 0.15) is 71.1 Å². The number of rotatable bonds is 5. The molecule has 1 heterocycles. The van der Waals surface area contributed by atoms with Gasteiger partial charge in [-0.25, -0.2) is 0 Å². The highest BCUT2D eigenvalue weighted by Gasteiger charge is 2.54. The van der Waals surface area contributed by atoms with Gasteiger partial charge in [-0.15, -0.1) is 0 Å². The summed E-state index contributed by atoms with van der Waals surface area (Å²) in [6.45, 7) is 8.55. The third-order valence-electron chi connectivity index (χ3n) is 7.69. The lowest BCUT2D eigenvalue weighted by atomic mass is 9.55. The molecule has 5 atom stereocenters. The molecule has 0 radical (unpaired) electrons. The van der Waals surface area contributed by atoms with Crippen LogP contribution in [0.15, 0.2) is 23.8 Å². The highest BCUT2D eigenvalue weighted by atomic mass is 16.6. The maximum absolute atomic E-state index is 12.5.